The number of hydrogen-bond acceptors (Lipinski definition) is 2. The van der Waals surface area contributed by atoms with Crippen LogP contribution in [-0.4, -0.2) is 18.4 Å². The molecule has 1 fully saturated rings. The fraction of sp³-hybridized carbons (Fsp3) is 0.636. The van der Waals surface area contributed by atoms with Crippen LogP contribution in [0.1, 0.15) is 82.4 Å². The van der Waals surface area contributed by atoms with Gasteiger partial charge >= 0.3 is 0 Å². The Labute approximate surface area is 157 Å². The van der Waals surface area contributed by atoms with E-state index in [1.165, 1.54) is 30.4 Å². The van der Waals surface area contributed by atoms with Gasteiger partial charge in [0.1, 0.15) is 0 Å². The summed E-state index contributed by atoms with van der Waals surface area (Å²) < 4.78 is 0. The molecule has 142 valence electrons. The Balaban J connectivity index is 1.50. The highest BCUT2D eigenvalue weighted by Crippen LogP contribution is 2.41. The van der Waals surface area contributed by atoms with Crippen LogP contribution in [0.15, 0.2) is 24.3 Å². The summed E-state index contributed by atoms with van der Waals surface area (Å²) in [6, 6.07) is 8.42. The monoisotopic (exact) mass is 356 g/mol. The third-order valence-corrected chi connectivity index (χ3v) is 6.10. The number of carbonyl (C=O) groups is 2. The third kappa shape index (κ3) is 4.66. The van der Waals surface area contributed by atoms with Gasteiger partial charge in [0.05, 0.1) is 12.6 Å². The van der Waals surface area contributed by atoms with Gasteiger partial charge in [-0.25, -0.2) is 0 Å². The minimum atomic E-state index is -0.0958. The molecule has 2 aliphatic carbocycles. The molecule has 3 rings (SSSR count). The summed E-state index contributed by atoms with van der Waals surface area (Å²) in [5.74, 6) is 0.415. The summed E-state index contributed by atoms with van der Waals surface area (Å²) in [5.41, 5.74) is 2.68. The van der Waals surface area contributed by atoms with Gasteiger partial charge in [-0.15, -0.1) is 0 Å². The molecule has 1 saturated carbocycles. The number of rotatable bonds is 5. The lowest BCUT2D eigenvalue weighted by Gasteiger charge is -2.37. The summed E-state index contributed by atoms with van der Waals surface area (Å²) in [5, 5.41) is 5.93. The number of carbonyl (C=O) groups excluding carboxylic acids is 2. The molecule has 4 nitrogen and oxygen atoms in total. The second kappa shape index (κ2) is 8.24. The van der Waals surface area contributed by atoms with Gasteiger partial charge in [-0.1, -0.05) is 57.4 Å². The van der Waals surface area contributed by atoms with E-state index >= 15 is 0 Å². The fourth-order valence-corrected chi connectivity index (χ4v) is 4.51. The van der Waals surface area contributed by atoms with E-state index < -0.39 is 0 Å². The number of amides is 2. The molecule has 1 atom stereocenters. The van der Waals surface area contributed by atoms with Gasteiger partial charge in [-0.2, -0.15) is 0 Å². The maximum atomic E-state index is 12.4. The molecular formula is C22H32N2O2. The predicted molar refractivity (Wildman–Crippen MR) is 104 cm³/mol. The number of hydrogen-bond donors (Lipinski definition) is 2. The molecule has 2 aliphatic rings. The molecule has 0 aliphatic heterocycles. The molecular weight excluding hydrogens is 324 g/mol. The highest BCUT2D eigenvalue weighted by Gasteiger charge is 2.32. The van der Waals surface area contributed by atoms with E-state index in [1.54, 1.807) is 0 Å². The van der Waals surface area contributed by atoms with Crippen molar-refractivity contribution in [1.82, 2.24) is 10.6 Å². The van der Waals surface area contributed by atoms with Gasteiger partial charge < -0.3 is 10.6 Å². The molecule has 26 heavy (non-hydrogen) atoms. The van der Waals surface area contributed by atoms with Crippen LogP contribution in [0.2, 0.25) is 0 Å². The highest BCUT2D eigenvalue weighted by molar-refractivity contribution is 5.85. The molecule has 1 aromatic carbocycles. The zero-order chi connectivity index (χ0) is 18.6. The van der Waals surface area contributed by atoms with Crippen molar-refractivity contribution in [2.75, 3.05) is 6.54 Å². The first-order valence-corrected chi connectivity index (χ1v) is 10.1. The van der Waals surface area contributed by atoms with Gasteiger partial charge in [0.15, 0.2) is 0 Å². The fourth-order valence-electron chi connectivity index (χ4n) is 4.51. The van der Waals surface area contributed by atoms with Crippen LogP contribution in [0.5, 0.6) is 0 Å². The van der Waals surface area contributed by atoms with E-state index in [2.05, 4.69) is 42.7 Å². The first-order chi connectivity index (χ1) is 12.5. The predicted octanol–water partition coefficient (Wildman–Crippen LogP) is 4.00. The van der Waals surface area contributed by atoms with Crippen molar-refractivity contribution in [2.24, 2.45) is 5.92 Å². The molecule has 0 bridgehead atoms. The Hall–Kier alpha value is -1.84. The summed E-state index contributed by atoms with van der Waals surface area (Å²) in [6.07, 6.45) is 8.59. The molecule has 2 amide bonds. The van der Waals surface area contributed by atoms with Crippen molar-refractivity contribution < 1.29 is 9.59 Å². The van der Waals surface area contributed by atoms with E-state index in [0.29, 0.717) is 12.3 Å². The summed E-state index contributed by atoms with van der Waals surface area (Å²) in [4.78, 5) is 24.5. The quantitative estimate of drug-likeness (QED) is 0.838. The van der Waals surface area contributed by atoms with Crippen molar-refractivity contribution >= 4 is 11.8 Å². The minimum absolute atomic E-state index is 0.0113. The van der Waals surface area contributed by atoms with Crippen LogP contribution in [-0.2, 0) is 15.0 Å². The third-order valence-electron chi connectivity index (χ3n) is 6.10. The first kappa shape index (κ1) is 18.9. The van der Waals surface area contributed by atoms with Gasteiger partial charge in [-0.3, -0.25) is 9.59 Å². The number of benzene rings is 1. The number of fused-ring (bicyclic) bond motifs is 1. The second-order valence-corrected chi connectivity index (χ2v) is 8.61. The van der Waals surface area contributed by atoms with Crippen LogP contribution in [0, 0.1) is 5.92 Å². The normalized spacial score (nSPS) is 22.3. The maximum Gasteiger partial charge on any atom is 0.239 e. The topological polar surface area (TPSA) is 58.2 Å². The lowest BCUT2D eigenvalue weighted by Crippen LogP contribution is -2.41. The second-order valence-electron chi connectivity index (χ2n) is 8.61. The molecule has 2 N–H and O–H groups in total. The Morgan fingerprint density at radius 2 is 1.77 bits per heavy atom. The van der Waals surface area contributed by atoms with Gasteiger partial charge in [0.25, 0.3) is 0 Å². The van der Waals surface area contributed by atoms with Crippen molar-refractivity contribution in [3.63, 3.8) is 0 Å². The van der Waals surface area contributed by atoms with Crippen molar-refractivity contribution in [2.45, 2.75) is 76.7 Å². The molecule has 1 unspecified atom stereocenters. The average Bonchev–Trinajstić information content (AvgIpc) is 2.64. The zero-order valence-electron chi connectivity index (χ0n) is 16.1. The van der Waals surface area contributed by atoms with Crippen molar-refractivity contribution in [1.29, 1.82) is 0 Å². The molecule has 0 aromatic heterocycles. The summed E-state index contributed by atoms with van der Waals surface area (Å²) in [6.45, 7) is 4.60. The molecule has 0 heterocycles. The van der Waals surface area contributed by atoms with Crippen molar-refractivity contribution in [3.05, 3.63) is 35.4 Å². The zero-order valence-corrected chi connectivity index (χ0v) is 16.1. The van der Waals surface area contributed by atoms with E-state index in [9.17, 15) is 9.59 Å². The standard InChI is InChI=1S/C22H32N2O2/c1-22(2)13-12-19(17-10-6-7-11-18(17)22)24-21(26)15-23-20(25)14-16-8-4-3-5-9-16/h6-7,10-11,16,19H,3-5,8-9,12-15H2,1-2H3,(H,23,25)(H,24,26). The molecule has 0 saturated heterocycles. The van der Waals surface area contributed by atoms with Crippen LogP contribution in [0.3, 0.4) is 0 Å². The van der Waals surface area contributed by atoms with Gasteiger partial charge in [-0.05, 0) is 48.1 Å². The van der Waals surface area contributed by atoms with Gasteiger partial charge in [0.2, 0.25) is 11.8 Å². The highest BCUT2D eigenvalue weighted by atomic mass is 16.2. The van der Waals surface area contributed by atoms with Crippen LogP contribution in [0.25, 0.3) is 0 Å². The Morgan fingerprint density at radius 3 is 2.54 bits per heavy atom. The van der Waals surface area contributed by atoms with Gasteiger partial charge in [0, 0.05) is 6.42 Å². The van der Waals surface area contributed by atoms with E-state index in [4.69, 9.17) is 0 Å². The van der Waals surface area contributed by atoms with Crippen LogP contribution >= 0.6 is 0 Å². The average molecular weight is 357 g/mol. The van der Waals surface area contributed by atoms with E-state index in [1.807, 2.05) is 6.07 Å². The Morgan fingerprint density at radius 1 is 1.04 bits per heavy atom. The lowest BCUT2D eigenvalue weighted by atomic mass is 9.71. The Kier molecular flexibility index (Phi) is 6.00. The SMILES string of the molecule is CC1(C)CCC(NC(=O)CNC(=O)CC2CCCCC2)c2ccccc21. The Bertz CT molecular complexity index is 647. The molecule has 0 radical (unpaired) electrons. The van der Waals surface area contributed by atoms with E-state index in [0.717, 1.165) is 25.7 Å². The summed E-state index contributed by atoms with van der Waals surface area (Å²) >= 11 is 0. The van der Waals surface area contributed by atoms with E-state index in [-0.39, 0.29) is 29.8 Å². The minimum Gasteiger partial charge on any atom is -0.348 e. The maximum absolute atomic E-state index is 12.4. The largest absolute Gasteiger partial charge is 0.348 e. The van der Waals surface area contributed by atoms with Crippen LogP contribution in [0.4, 0.5) is 0 Å². The van der Waals surface area contributed by atoms with Crippen molar-refractivity contribution in [3.8, 4) is 0 Å². The smallest absolute Gasteiger partial charge is 0.239 e. The lowest BCUT2D eigenvalue weighted by molar-refractivity contribution is -0.127. The first-order valence-electron chi connectivity index (χ1n) is 10.1. The molecule has 4 heteroatoms. The molecule has 0 spiro atoms. The summed E-state index contributed by atoms with van der Waals surface area (Å²) in [7, 11) is 0. The van der Waals surface area contributed by atoms with Crippen LogP contribution < -0.4 is 10.6 Å². The molecule has 1 aromatic rings. The number of nitrogens with one attached hydrogen (secondary N) is 2.